The van der Waals surface area contributed by atoms with Crippen LogP contribution in [0.15, 0.2) is 30.3 Å². The van der Waals surface area contributed by atoms with E-state index in [0.29, 0.717) is 11.7 Å². The maximum Gasteiger partial charge on any atom is 0.319 e. The molecular weight excluding hydrogens is 354 g/mol. The summed E-state index contributed by atoms with van der Waals surface area (Å²) in [7, 11) is 0. The summed E-state index contributed by atoms with van der Waals surface area (Å²) in [6, 6.07) is 8.76. The first kappa shape index (κ1) is 20.5. The molecule has 0 aromatic heterocycles. The van der Waals surface area contributed by atoms with E-state index in [2.05, 4.69) is 20.9 Å². The number of likely N-dealkylation sites (tertiary alicyclic amines) is 1. The van der Waals surface area contributed by atoms with E-state index in [4.69, 9.17) is 0 Å². The highest BCUT2D eigenvalue weighted by molar-refractivity contribution is 5.93. The number of hydrogen-bond acceptors (Lipinski definition) is 4. The number of amides is 3. The van der Waals surface area contributed by atoms with Gasteiger partial charge in [-0.3, -0.25) is 9.69 Å². The zero-order chi connectivity index (χ0) is 17.6. The third kappa shape index (κ3) is 5.33. The summed E-state index contributed by atoms with van der Waals surface area (Å²) in [4.78, 5) is 29.0. The van der Waals surface area contributed by atoms with Crippen LogP contribution in [0.3, 0.4) is 0 Å². The van der Waals surface area contributed by atoms with E-state index in [1.165, 1.54) is 0 Å². The van der Waals surface area contributed by atoms with E-state index in [-0.39, 0.29) is 24.3 Å². The number of nitrogens with one attached hydrogen (secondary N) is 3. The third-order valence-electron chi connectivity index (χ3n) is 4.89. The minimum absolute atomic E-state index is 0. The average molecular weight is 382 g/mol. The number of carbonyl (C=O) groups excluding carboxylic acids is 2. The van der Waals surface area contributed by atoms with Crippen molar-refractivity contribution in [2.75, 3.05) is 44.6 Å². The number of halogens is 1. The second kappa shape index (κ2) is 9.75. The number of anilines is 1. The standard InChI is InChI=1S/C18H27N5O2.ClH/c1-14(20-18(25)21-15-5-3-2-4-6-15)17(24)23-10-7-16(13-23)22-11-8-19-9-12-22;/h2-6,14,16,19H,7-13H2,1H3,(H2,20,21,25);1H. The lowest BCUT2D eigenvalue weighted by molar-refractivity contribution is -0.131. The highest BCUT2D eigenvalue weighted by Crippen LogP contribution is 2.17. The summed E-state index contributed by atoms with van der Waals surface area (Å²) in [6.45, 7) is 7.38. The Morgan fingerprint density at radius 1 is 1.15 bits per heavy atom. The average Bonchev–Trinajstić information content (AvgIpc) is 3.12. The molecule has 0 radical (unpaired) electrons. The molecule has 0 spiro atoms. The predicted molar refractivity (Wildman–Crippen MR) is 105 cm³/mol. The molecule has 2 atom stereocenters. The van der Waals surface area contributed by atoms with Gasteiger partial charge in [-0.15, -0.1) is 12.4 Å². The normalized spacial score (nSPS) is 21.6. The zero-order valence-corrected chi connectivity index (χ0v) is 15.9. The Morgan fingerprint density at radius 3 is 2.54 bits per heavy atom. The first-order chi connectivity index (χ1) is 12.1. The molecule has 0 bridgehead atoms. The molecule has 2 aliphatic rings. The minimum atomic E-state index is -0.537. The van der Waals surface area contributed by atoms with E-state index >= 15 is 0 Å². The first-order valence-electron chi connectivity index (χ1n) is 8.99. The molecule has 2 heterocycles. The van der Waals surface area contributed by atoms with Crippen molar-refractivity contribution in [1.29, 1.82) is 0 Å². The number of para-hydroxylation sites is 1. The summed E-state index contributed by atoms with van der Waals surface area (Å²) in [6.07, 6.45) is 1.01. The number of carbonyl (C=O) groups is 2. The molecule has 7 nitrogen and oxygen atoms in total. The lowest BCUT2D eigenvalue weighted by Gasteiger charge is -2.32. The molecule has 1 aromatic rings. The molecule has 2 saturated heterocycles. The van der Waals surface area contributed by atoms with Crippen molar-refractivity contribution in [3.63, 3.8) is 0 Å². The molecule has 2 aliphatic heterocycles. The van der Waals surface area contributed by atoms with Gasteiger partial charge in [-0.2, -0.15) is 0 Å². The van der Waals surface area contributed by atoms with Crippen molar-refractivity contribution in [2.24, 2.45) is 0 Å². The molecular formula is C18H28ClN5O2. The van der Waals surface area contributed by atoms with Gasteiger partial charge in [0.15, 0.2) is 0 Å². The van der Waals surface area contributed by atoms with Crippen molar-refractivity contribution in [3.05, 3.63) is 30.3 Å². The Labute approximate surface area is 160 Å². The maximum atomic E-state index is 12.6. The quantitative estimate of drug-likeness (QED) is 0.730. The third-order valence-corrected chi connectivity index (χ3v) is 4.89. The summed E-state index contributed by atoms with van der Waals surface area (Å²) in [5.41, 5.74) is 0.708. The molecule has 26 heavy (non-hydrogen) atoms. The van der Waals surface area contributed by atoms with Crippen LogP contribution in [0.25, 0.3) is 0 Å². The molecule has 0 saturated carbocycles. The van der Waals surface area contributed by atoms with Gasteiger partial charge in [0.05, 0.1) is 0 Å². The Morgan fingerprint density at radius 2 is 1.85 bits per heavy atom. The van der Waals surface area contributed by atoms with Gasteiger partial charge in [0.25, 0.3) is 0 Å². The van der Waals surface area contributed by atoms with Gasteiger partial charge in [-0.1, -0.05) is 18.2 Å². The van der Waals surface area contributed by atoms with E-state index < -0.39 is 6.04 Å². The van der Waals surface area contributed by atoms with Crippen molar-refractivity contribution < 1.29 is 9.59 Å². The smallest absolute Gasteiger partial charge is 0.319 e. The monoisotopic (exact) mass is 381 g/mol. The zero-order valence-electron chi connectivity index (χ0n) is 15.1. The lowest BCUT2D eigenvalue weighted by atomic mass is 10.2. The molecule has 8 heteroatoms. The van der Waals surface area contributed by atoms with E-state index in [9.17, 15) is 9.59 Å². The van der Waals surface area contributed by atoms with Crippen molar-refractivity contribution in [2.45, 2.75) is 25.4 Å². The van der Waals surface area contributed by atoms with Gasteiger partial charge in [0, 0.05) is 51.0 Å². The molecule has 3 N–H and O–H groups in total. The van der Waals surface area contributed by atoms with Crippen LogP contribution in [0.1, 0.15) is 13.3 Å². The van der Waals surface area contributed by atoms with Crippen LogP contribution in [0.2, 0.25) is 0 Å². The fourth-order valence-corrected chi connectivity index (χ4v) is 3.51. The summed E-state index contributed by atoms with van der Waals surface area (Å²) in [5, 5.41) is 8.83. The SMILES string of the molecule is CC(NC(=O)Nc1ccccc1)C(=O)N1CCC(N2CCNCC2)C1.Cl. The van der Waals surface area contributed by atoms with Gasteiger partial charge in [-0.05, 0) is 25.5 Å². The van der Waals surface area contributed by atoms with Crippen LogP contribution in [0, 0.1) is 0 Å². The number of nitrogens with zero attached hydrogens (tertiary/aromatic N) is 2. The molecule has 2 fully saturated rings. The maximum absolute atomic E-state index is 12.6. The molecule has 144 valence electrons. The van der Waals surface area contributed by atoms with Gasteiger partial charge >= 0.3 is 6.03 Å². The number of piperazine rings is 1. The van der Waals surface area contributed by atoms with Crippen LogP contribution >= 0.6 is 12.4 Å². The fraction of sp³-hybridized carbons (Fsp3) is 0.556. The molecule has 1 aromatic carbocycles. The summed E-state index contributed by atoms with van der Waals surface area (Å²) in [5.74, 6) is -0.0131. The predicted octanol–water partition coefficient (Wildman–Crippen LogP) is 1.12. The van der Waals surface area contributed by atoms with E-state index in [0.717, 1.165) is 45.7 Å². The molecule has 3 amide bonds. The van der Waals surface area contributed by atoms with Gasteiger partial charge in [0.1, 0.15) is 6.04 Å². The largest absolute Gasteiger partial charge is 0.339 e. The lowest BCUT2D eigenvalue weighted by Crippen LogP contribution is -2.51. The van der Waals surface area contributed by atoms with Crippen LogP contribution < -0.4 is 16.0 Å². The highest BCUT2D eigenvalue weighted by atomic mass is 35.5. The Kier molecular flexibility index (Phi) is 7.68. The van der Waals surface area contributed by atoms with Crippen LogP contribution in [0.4, 0.5) is 10.5 Å². The molecule has 0 aliphatic carbocycles. The second-order valence-electron chi connectivity index (χ2n) is 6.70. The Balaban J connectivity index is 0.00000243. The van der Waals surface area contributed by atoms with E-state index in [1.807, 2.05) is 35.2 Å². The Hall–Kier alpha value is -1.83. The van der Waals surface area contributed by atoms with Gasteiger partial charge in [-0.25, -0.2) is 4.79 Å². The fourth-order valence-electron chi connectivity index (χ4n) is 3.51. The second-order valence-corrected chi connectivity index (χ2v) is 6.70. The number of rotatable bonds is 4. The van der Waals surface area contributed by atoms with Crippen molar-refractivity contribution in [3.8, 4) is 0 Å². The highest BCUT2D eigenvalue weighted by Gasteiger charge is 2.33. The first-order valence-corrected chi connectivity index (χ1v) is 8.99. The Bertz CT molecular complexity index is 595. The number of benzene rings is 1. The molecule has 3 rings (SSSR count). The van der Waals surface area contributed by atoms with Crippen molar-refractivity contribution >= 4 is 30.0 Å². The van der Waals surface area contributed by atoms with E-state index in [1.54, 1.807) is 6.92 Å². The van der Waals surface area contributed by atoms with Crippen molar-refractivity contribution in [1.82, 2.24) is 20.4 Å². The topological polar surface area (TPSA) is 76.7 Å². The van der Waals surface area contributed by atoms with Gasteiger partial charge < -0.3 is 20.9 Å². The number of hydrogen-bond donors (Lipinski definition) is 3. The van der Waals surface area contributed by atoms with Gasteiger partial charge in [0.2, 0.25) is 5.91 Å². The van der Waals surface area contributed by atoms with Crippen LogP contribution in [-0.4, -0.2) is 73.1 Å². The van der Waals surface area contributed by atoms with Crippen LogP contribution in [0.5, 0.6) is 0 Å². The summed E-state index contributed by atoms with van der Waals surface area (Å²) < 4.78 is 0. The number of urea groups is 1. The van der Waals surface area contributed by atoms with Crippen LogP contribution in [-0.2, 0) is 4.79 Å². The molecule has 2 unspecified atom stereocenters. The minimum Gasteiger partial charge on any atom is -0.339 e. The summed E-state index contributed by atoms with van der Waals surface area (Å²) >= 11 is 0.